The van der Waals surface area contributed by atoms with E-state index in [-0.39, 0.29) is 6.42 Å². The van der Waals surface area contributed by atoms with Crippen LogP contribution in [0.1, 0.15) is 25.7 Å². The highest BCUT2D eigenvalue weighted by Gasteiger charge is 2.26. The molecule has 1 rings (SSSR count). The van der Waals surface area contributed by atoms with Gasteiger partial charge in [0.05, 0.1) is 0 Å². The zero-order chi connectivity index (χ0) is 15.3. The minimum absolute atomic E-state index is 0.0977. The first-order chi connectivity index (χ1) is 9.40. The van der Waals surface area contributed by atoms with Gasteiger partial charge in [0.1, 0.15) is 5.69 Å². The van der Waals surface area contributed by atoms with Gasteiger partial charge >= 0.3 is 0 Å². The summed E-state index contributed by atoms with van der Waals surface area (Å²) in [5, 5.41) is 1.70. The number of carbonyl (C=O) groups is 1. The standard InChI is InChI=1S/C12H13F5N2O/c13-7-8(14)10(16)12(11(17)9(7)15)19-6(20)4-2-1-3-5-18/h1-5,18H2,(H,19,20). The van der Waals surface area contributed by atoms with Gasteiger partial charge in [-0.15, -0.1) is 0 Å². The highest BCUT2D eigenvalue weighted by molar-refractivity contribution is 5.90. The van der Waals surface area contributed by atoms with Gasteiger partial charge in [0, 0.05) is 6.42 Å². The van der Waals surface area contributed by atoms with Crippen LogP contribution < -0.4 is 11.1 Å². The number of halogens is 5. The molecular formula is C12H13F5N2O. The van der Waals surface area contributed by atoms with Crippen LogP contribution in [-0.2, 0) is 4.79 Å². The van der Waals surface area contributed by atoms with E-state index in [4.69, 9.17) is 5.73 Å². The Kier molecular flexibility index (Phi) is 5.87. The maximum Gasteiger partial charge on any atom is 0.224 e. The molecule has 0 fully saturated rings. The number of anilines is 1. The SMILES string of the molecule is NCCCCCC(=O)Nc1c(F)c(F)c(F)c(F)c1F. The molecule has 0 aliphatic carbocycles. The fourth-order valence-electron chi connectivity index (χ4n) is 1.52. The summed E-state index contributed by atoms with van der Waals surface area (Å²) in [5.74, 6) is -11.4. The first-order valence-electron chi connectivity index (χ1n) is 5.91. The molecule has 0 aromatic heterocycles. The number of unbranched alkanes of at least 4 members (excludes halogenated alkanes) is 2. The van der Waals surface area contributed by atoms with Crippen molar-refractivity contribution in [1.29, 1.82) is 0 Å². The summed E-state index contributed by atoms with van der Waals surface area (Å²) in [6.45, 7) is 0.444. The normalized spacial score (nSPS) is 10.7. The minimum Gasteiger partial charge on any atom is -0.330 e. The maximum atomic E-state index is 13.3. The minimum atomic E-state index is -2.26. The van der Waals surface area contributed by atoms with Crippen molar-refractivity contribution < 1.29 is 26.7 Å². The number of hydrogen-bond donors (Lipinski definition) is 2. The number of carbonyl (C=O) groups excluding carboxylic acids is 1. The average Bonchev–Trinajstić information content (AvgIpc) is 2.44. The fourth-order valence-corrected chi connectivity index (χ4v) is 1.52. The Hall–Kier alpha value is -1.70. The smallest absolute Gasteiger partial charge is 0.224 e. The number of nitrogens with one attached hydrogen (secondary N) is 1. The lowest BCUT2D eigenvalue weighted by atomic mass is 10.2. The number of hydrogen-bond acceptors (Lipinski definition) is 2. The molecule has 0 saturated heterocycles. The molecule has 1 aromatic rings. The molecule has 0 heterocycles. The second-order valence-corrected chi connectivity index (χ2v) is 4.09. The molecule has 0 bridgehead atoms. The van der Waals surface area contributed by atoms with E-state index in [1.165, 1.54) is 0 Å². The van der Waals surface area contributed by atoms with Crippen LogP contribution >= 0.6 is 0 Å². The molecule has 0 unspecified atom stereocenters. The van der Waals surface area contributed by atoms with Gasteiger partial charge in [-0.2, -0.15) is 0 Å². The first kappa shape index (κ1) is 16.4. The number of amides is 1. The lowest BCUT2D eigenvalue weighted by Crippen LogP contribution is -2.16. The van der Waals surface area contributed by atoms with Gasteiger partial charge in [0.15, 0.2) is 23.3 Å². The van der Waals surface area contributed by atoms with Gasteiger partial charge in [-0.25, -0.2) is 22.0 Å². The third-order valence-electron chi connectivity index (χ3n) is 2.58. The van der Waals surface area contributed by atoms with Crippen molar-refractivity contribution >= 4 is 11.6 Å². The van der Waals surface area contributed by atoms with Crippen LogP contribution in [-0.4, -0.2) is 12.5 Å². The third kappa shape index (κ3) is 3.66. The molecule has 0 aliphatic heterocycles. The molecule has 0 radical (unpaired) electrons. The fraction of sp³-hybridized carbons (Fsp3) is 0.417. The molecule has 0 spiro atoms. The largest absolute Gasteiger partial charge is 0.330 e. The zero-order valence-corrected chi connectivity index (χ0v) is 10.4. The van der Waals surface area contributed by atoms with Crippen molar-refractivity contribution in [2.75, 3.05) is 11.9 Å². The van der Waals surface area contributed by atoms with Crippen molar-refractivity contribution in [1.82, 2.24) is 0 Å². The predicted molar refractivity (Wildman–Crippen MR) is 62.4 cm³/mol. The van der Waals surface area contributed by atoms with E-state index < -0.39 is 40.7 Å². The Morgan fingerprint density at radius 2 is 1.35 bits per heavy atom. The Bertz CT molecular complexity index is 478. The summed E-state index contributed by atoms with van der Waals surface area (Å²) in [5.41, 5.74) is 3.91. The van der Waals surface area contributed by atoms with Crippen molar-refractivity contribution in [2.24, 2.45) is 5.73 Å². The van der Waals surface area contributed by atoms with Crippen LogP contribution in [0, 0.1) is 29.1 Å². The van der Waals surface area contributed by atoms with Gasteiger partial charge in [0.2, 0.25) is 11.7 Å². The van der Waals surface area contributed by atoms with Gasteiger partial charge in [0.25, 0.3) is 0 Å². The molecule has 0 aliphatic rings. The Labute approximate surface area is 112 Å². The van der Waals surface area contributed by atoms with Crippen LogP contribution in [0.3, 0.4) is 0 Å². The van der Waals surface area contributed by atoms with E-state index >= 15 is 0 Å². The van der Waals surface area contributed by atoms with Gasteiger partial charge in [-0.1, -0.05) is 6.42 Å². The number of benzene rings is 1. The van der Waals surface area contributed by atoms with E-state index in [0.29, 0.717) is 25.8 Å². The highest BCUT2D eigenvalue weighted by atomic mass is 19.2. The number of rotatable bonds is 6. The van der Waals surface area contributed by atoms with E-state index in [9.17, 15) is 26.7 Å². The zero-order valence-electron chi connectivity index (χ0n) is 10.4. The molecule has 1 amide bonds. The van der Waals surface area contributed by atoms with Crippen LogP contribution in [0.25, 0.3) is 0 Å². The summed E-state index contributed by atoms with van der Waals surface area (Å²) < 4.78 is 65.0. The second kappa shape index (κ2) is 7.18. The molecular weight excluding hydrogens is 283 g/mol. The molecule has 8 heteroatoms. The lowest BCUT2D eigenvalue weighted by molar-refractivity contribution is -0.116. The van der Waals surface area contributed by atoms with E-state index in [0.717, 1.165) is 0 Å². The topological polar surface area (TPSA) is 55.1 Å². The maximum absolute atomic E-state index is 13.3. The molecule has 112 valence electrons. The second-order valence-electron chi connectivity index (χ2n) is 4.09. The van der Waals surface area contributed by atoms with Gasteiger partial charge in [-0.3, -0.25) is 4.79 Å². The van der Waals surface area contributed by atoms with Crippen molar-refractivity contribution in [2.45, 2.75) is 25.7 Å². The van der Waals surface area contributed by atoms with Crippen molar-refractivity contribution in [3.8, 4) is 0 Å². The third-order valence-corrected chi connectivity index (χ3v) is 2.58. The summed E-state index contributed by atoms with van der Waals surface area (Å²) in [7, 11) is 0. The monoisotopic (exact) mass is 296 g/mol. The summed E-state index contributed by atoms with van der Waals surface area (Å²) in [6, 6.07) is 0. The predicted octanol–water partition coefficient (Wildman–Crippen LogP) is 2.84. The molecule has 20 heavy (non-hydrogen) atoms. The highest BCUT2D eigenvalue weighted by Crippen LogP contribution is 2.27. The summed E-state index contributed by atoms with van der Waals surface area (Å²) >= 11 is 0. The molecule has 3 nitrogen and oxygen atoms in total. The van der Waals surface area contributed by atoms with E-state index in [1.807, 2.05) is 0 Å². The molecule has 0 atom stereocenters. The van der Waals surface area contributed by atoms with Gasteiger partial charge in [-0.05, 0) is 19.4 Å². The van der Waals surface area contributed by atoms with Gasteiger partial charge < -0.3 is 11.1 Å². The molecule has 1 aromatic carbocycles. The van der Waals surface area contributed by atoms with Crippen molar-refractivity contribution in [3.05, 3.63) is 29.1 Å². The van der Waals surface area contributed by atoms with Crippen LogP contribution in [0.15, 0.2) is 0 Å². The Morgan fingerprint density at radius 1 is 0.850 bits per heavy atom. The van der Waals surface area contributed by atoms with E-state index in [1.54, 1.807) is 5.32 Å². The van der Waals surface area contributed by atoms with Crippen LogP contribution in [0.5, 0.6) is 0 Å². The Balaban J connectivity index is 2.80. The average molecular weight is 296 g/mol. The Morgan fingerprint density at radius 3 is 1.85 bits per heavy atom. The lowest BCUT2D eigenvalue weighted by Gasteiger charge is -2.09. The van der Waals surface area contributed by atoms with Crippen LogP contribution in [0.4, 0.5) is 27.6 Å². The summed E-state index contributed by atoms with van der Waals surface area (Å²) in [6.07, 6.45) is 1.61. The molecule has 0 saturated carbocycles. The van der Waals surface area contributed by atoms with Crippen LogP contribution in [0.2, 0.25) is 0 Å². The first-order valence-corrected chi connectivity index (χ1v) is 5.91. The summed E-state index contributed by atoms with van der Waals surface area (Å²) in [4.78, 5) is 11.4. The van der Waals surface area contributed by atoms with E-state index in [2.05, 4.69) is 0 Å². The van der Waals surface area contributed by atoms with Crippen molar-refractivity contribution in [3.63, 3.8) is 0 Å². The molecule has 3 N–H and O–H groups in total. The quantitative estimate of drug-likeness (QED) is 0.367. The number of nitrogens with two attached hydrogens (primary N) is 1.